The highest BCUT2D eigenvalue weighted by atomic mass is 35.5. The SMILES string of the molecule is CC(N)(CC#N)c1ccc(F)c(Cl)c1. The van der Waals surface area contributed by atoms with Crippen molar-refractivity contribution in [1.82, 2.24) is 0 Å². The van der Waals surface area contributed by atoms with Crippen LogP contribution in [0.3, 0.4) is 0 Å². The Bertz CT molecular complexity index is 382. The van der Waals surface area contributed by atoms with Crippen molar-refractivity contribution >= 4 is 11.6 Å². The van der Waals surface area contributed by atoms with Crippen LogP contribution in [0, 0.1) is 17.1 Å². The summed E-state index contributed by atoms with van der Waals surface area (Å²) in [6.07, 6.45) is 0.162. The van der Waals surface area contributed by atoms with Crippen LogP contribution in [-0.4, -0.2) is 0 Å². The highest BCUT2D eigenvalue weighted by Gasteiger charge is 2.21. The Kier molecular flexibility index (Phi) is 3.10. The third-order valence-electron chi connectivity index (χ3n) is 2.03. The van der Waals surface area contributed by atoms with Crippen molar-refractivity contribution in [3.05, 3.63) is 34.6 Å². The minimum atomic E-state index is -0.786. The van der Waals surface area contributed by atoms with Crippen molar-refractivity contribution in [2.45, 2.75) is 18.9 Å². The Labute approximate surface area is 87.1 Å². The van der Waals surface area contributed by atoms with E-state index >= 15 is 0 Å². The van der Waals surface area contributed by atoms with Gasteiger partial charge in [0.15, 0.2) is 0 Å². The molecule has 0 amide bonds. The molecule has 74 valence electrons. The first-order valence-corrected chi connectivity index (χ1v) is 4.46. The fourth-order valence-corrected chi connectivity index (χ4v) is 1.30. The zero-order chi connectivity index (χ0) is 10.8. The van der Waals surface area contributed by atoms with Gasteiger partial charge in [0.1, 0.15) is 5.82 Å². The number of rotatable bonds is 2. The van der Waals surface area contributed by atoms with Gasteiger partial charge in [-0.1, -0.05) is 17.7 Å². The van der Waals surface area contributed by atoms with E-state index in [0.29, 0.717) is 5.56 Å². The number of nitrogens with two attached hydrogens (primary N) is 1. The fourth-order valence-electron chi connectivity index (χ4n) is 1.12. The number of hydrogen-bond donors (Lipinski definition) is 1. The Balaban J connectivity index is 3.09. The maximum Gasteiger partial charge on any atom is 0.141 e. The summed E-state index contributed by atoms with van der Waals surface area (Å²) >= 11 is 5.61. The molecule has 0 saturated carbocycles. The van der Waals surface area contributed by atoms with Crippen LogP contribution in [0.25, 0.3) is 0 Å². The zero-order valence-electron chi connectivity index (χ0n) is 7.72. The molecule has 4 heteroatoms. The maximum absolute atomic E-state index is 12.8. The van der Waals surface area contributed by atoms with Gasteiger partial charge in [-0.25, -0.2) is 4.39 Å². The molecular weight excluding hydrogens is 203 g/mol. The molecule has 2 N–H and O–H groups in total. The van der Waals surface area contributed by atoms with E-state index in [9.17, 15) is 4.39 Å². The minimum Gasteiger partial charge on any atom is -0.321 e. The van der Waals surface area contributed by atoms with Gasteiger partial charge >= 0.3 is 0 Å². The summed E-state index contributed by atoms with van der Waals surface area (Å²) in [5, 5.41) is 8.58. The summed E-state index contributed by atoms with van der Waals surface area (Å²) in [4.78, 5) is 0. The fraction of sp³-hybridized carbons (Fsp3) is 0.300. The largest absolute Gasteiger partial charge is 0.321 e. The summed E-state index contributed by atoms with van der Waals surface area (Å²) in [7, 11) is 0. The van der Waals surface area contributed by atoms with Crippen molar-refractivity contribution in [2.24, 2.45) is 5.73 Å². The average Bonchev–Trinajstić information content (AvgIpc) is 2.09. The van der Waals surface area contributed by atoms with Crippen molar-refractivity contribution < 1.29 is 4.39 Å². The van der Waals surface area contributed by atoms with E-state index in [4.69, 9.17) is 22.6 Å². The predicted octanol–water partition coefficient (Wildman–Crippen LogP) is 2.57. The average molecular weight is 213 g/mol. The zero-order valence-corrected chi connectivity index (χ0v) is 8.48. The van der Waals surface area contributed by atoms with E-state index in [1.165, 1.54) is 12.1 Å². The number of hydrogen-bond acceptors (Lipinski definition) is 2. The molecule has 0 fully saturated rings. The van der Waals surface area contributed by atoms with Gasteiger partial charge in [-0.3, -0.25) is 0 Å². The summed E-state index contributed by atoms with van der Waals surface area (Å²) in [6.45, 7) is 1.71. The summed E-state index contributed by atoms with van der Waals surface area (Å²) in [5.41, 5.74) is 5.74. The van der Waals surface area contributed by atoms with Crippen LogP contribution >= 0.6 is 11.6 Å². The van der Waals surface area contributed by atoms with E-state index < -0.39 is 11.4 Å². The lowest BCUT2D eigenvalue weighted by atomic mass is 9.90. The molecular formula is C10H10ClFN2. The standard InChI is InChI=1S/C10H10ClFN2/c1-10(14,4-5-13)7-2-3-9(12)8(11)6-7/h2-3,6H,4,14H2,1H3. The molecule has 14 heavy (non-hydrogen) atoms. The predicted molar refractivity (Wildman–Crippen MR) is 53.2 cm³/mol. The normalized spacial score (nSPS) is 14.5. The molecule has 0 spiro atoms. The van der Waals surface area contributed by atoms with Crippen molar-refractivity contribution in [3.8, 4) is 6.07 Å². The molecule has 1 rings (SSSR count). The van der Waals surface area contributed by atoms with E-state index in [1.807, 2.05) is 6.07 Å². The lowest BCUT2D eigenvalue weighted by Crippen LogP contribution is -2.32. The van der Waals surface area contributed by atoms with E-state index in [2.05, 4.69) is 0 Å². The Morgan fingerprint density at radius 2 is 2.29 bits per heavy atom. The lowest BCUT2D eigenvalue weighted by Gasteiger charge is -2.21. The molecule has 0 radical (unpaired) electrons. The molecule has 1 atom stereocenters. The molecule has 0 saturated heterocycles. The third kappa shape index (κ3) is 2.22. The molecule has 0 aliphatic rings. The second kappa shape index (κ2) is 3.95. The highest BCUT2D eigenvalue weighted by Crippen LogP contribution is 2.25. The monoisotopic (exact) mass is 212 g/mol. The topological polar surface area (TPSA) is 49.8 Å². The third-order valence-corrected chi connectivity index (χ3v) is 2.31. The van der Waals surface area contributed by atoms with E-state index in [-0.39, 0.29) is 11.4 Å². The van der Waals surface area contributed by atoms with Crippen LogP contribution in [0.1, 0.15) is 18.9 Å². The molecule has 1 aromatic carbocycles. The molecule has 0 aliphatic carbocycles. The smallest absolute Gasteiger partial charge is 0.141 e. The second-order valence-electron chi connectivity index (χ2n) is 3.38. The highest BCUT2D eigenvalue weighted by molar-refractivity contribution is 6.30. The Morgan fingerprint density at radius 1 is 1.64 bits per heavy atom. The van der Waals surface area contributed by atoms with Gasteiger partial charge < -0.3 is 5.73 Å². The number of nitriles is 1. The van der Waals surface area contributed by atoms with Crippen LogP contribution in [0.2, 0.25) is 5.02 Å². The van der Waals surface area contributed by atoms with Gasteiger partial charge in [-0.2, -0.15) is 5.26 Å². The summed E-state index contributed by atoms with van der Waals surface area (Å²) in [6, 6.07) is 6.22. The molecule has 1 unspecified atom stereocenters. The first kappa shape index (κ1) is 11.0. The van der Waals surface area contributed by atoms with Gasteiger partial charge in [-0.05, 0) is 24.6 Å². The van der Waals surface area contributed by atoms with E-state index in [1.54, 1.807) is 13.0 Å². The van der Waals surface area contributed by atoms with Crippen LogP contribution in [0.4, 0.5) is 4.39 Å². The molecule has 1 aromatic rings. The molecule has 2 nitrogen and oxygen atoms in total. The summed E-state index contributed by atoms with van der Waals surface area (Å²) in [5.74, 6) is -0.483. The Hall–Kier alpha value is -1.11. The molecule has 0 bridgehead atoms. The maximum atomic E-state index is 12.8. The van der Waals surface area contributed by atoms with Gasteiger partial charge in [0.2, 0.25) is 0 Å². The lowest BCUT2D eigenvalue weighted by molar-refractivity contribution is 0.506. The molecule has 0 aromatic heterocycles. The van der Waals surface area contributed by atoms with Crippen LogP contribution in [0.5, 0.6) is 0 Å². The van der Waals surface area contributed by atoms with Crippen molar-refractivity contribution in [3.63, 3.8) is 0 Å². The van der Waals surface area contributed by atoms with Gasteiger partial charge in [0.05, 0.1) is 23.1 Å². The number of nitrogens with zero attached hydrogens (tertiary/aromatic N) is 1. The molecule has 0 aliphatic heterocycles. The number of halogens is 2. The van der Waals surface area contributed by atoms with Crippen LogP contribution in [-0.2, 0) is 5.54 Å². The summed E-state index contributed by atoms with van der Waals surface area (Å²) < 4.78 is 12.8. The quantitative estimate of drug-likeness (QED) is 0.819. The van der Waals surface area contributed by atoms with Crippen LogP contribution in [0.15, 0.2) is 18.2 Å². The minimum absolute atomic E-state index is 0.0251. The van der Waals surface area contributed by atoms with E-state index in [0.717, 1.165) is 0 Å². The van der Waals surface area contributed by atoms with Gasteiger partial charge in [-0.15, -0.1) is 0 Å². The van der Waals surface area contributed by atoms with Crippen molar-refractivity contribution in [2.75, 3.05) is 0 Å². The Morgan fingerprint density at radius 3 is 2.79 bits per heavy atom. The number of benzene rings is 1. The first-order valence-electron chi connectivity index (χ1n) is 4.09. The van der Waals surface area contributed by atoms with Crippen molar-refractivity contribution in [1.29, 1.82) is 5.26 Å². The van der Waals surface area contributed by atoms with Gasteiger partial charge in [0, 0.05) is 0 Å². The van der Waals surface area contributed by atoms with Gasteiger partial charge in [0.25, 0.3) is 0 Å². The first-order chi connectivity index (χ1) is 6.47. The molecule has 0 heterocycles. The van der Waals surface area contributed by atoms with Crippen LogP contribution < -0.4 is 5.73 Å². The second-order valence-corrected chi connectivity index (χ2v) is 3.79.